The lowest BCUT2D eigenvalue weighted by Gasteiger charge is -2.10. The van der Waals surface area contributed by atoms with Crippen molar-refractivity contribution >= 4 is 16.9 Å². The van der Waals surface area contributed by atoms with Crippen molar-refractivity contribution in [1.29, 1.82) is 0 Å². The summed E-state index contributed by atoms with van der Waals surface area (Å²) < 4.78 is 5.15. The molecule has 0 unspecified atom stereocenters. The normalized spacial score (nSPS) is 16.8. The number of hydrogen-bond donors (Lipinski definition) is 1. The molecule has 1 aromatic heterocycles. The van der Waals surface area contributed by atoms with Crippen molar-refractivity contribution in [3.63, 3.8) is 0 Å². The maximum Gasteiger partial charge on any atom is 0.355 e. The van der Waals surface area contributed by atoms with E-state index in [1.807, 2.05) is 25.1 Å². The second kappa shape index (κ2) is 3.87. The first-order chi connectivity index (χ1) is 8.65. The molecule has 18 heavy (non-hydrogen) atoms. The lowest BCUT2D eigenvalue weighted by atomic mass is 9.95. The monoisotopic (exact) mass is 243 g/mol. The average Bonchev–Trinajstić information content (AvgIpc) is 2.97. The molecule has 0 aliphatic heterocycles. The Labute approximate surface area is 106 Å². The van der Waals surface area contributed by atoms with E-state index >= 15 is 0 Å². The van der Waals surface area contributed by atoms with Crippen LogP contribution in [0.3, 0.4) is 0 Å². The van der Waals surface area contributed by atoms with Gasteiger partial charge in [-0.05, 0) is 36.8 Å². The summed E-state index contributed by atoms with van der Waals surface area (Å²) in [6.45, 7) is 4.45. The molecule has 1 aromatic carbocycles. The zero-order valence-corrected chi connectivity index (χ0v) is 10.7. The zero-order valence-electron chi connectivity index (χ0n) is 10.7. The highest BCUT2D eigenvalue weighted by molar-refractivity contribution is 5.99. The van der Waals surface area contributed by atoms with Crippen molar-refractivity contribution in [2.24, 2.45) is 0 Å². The summed E-state index contributed by atoms with van der Waals surface area (Å²) in [4.78, 5) is 15.3. The van der Waals surface area contributed by atoms with Crippen molar-refractivity contribution in [1.82, 2.24) is 4.98 Å². The second-order valence-corrected chi connectivity index (χ2v) is 5.20. The number of H-pyrrole nitrogens is 1. The van der Waals surface area contributed by atoms with Gasteiger partial charge in [-0.25, -0.2) is 4.79 Å². The van der Waals surface area contributed by atoms with Crippen LogP contribution in [0.25, 0.3) is 10.9 Å². The zero-order chi connectivity index (χ0) is 12.8. The Balaban J connectivity index is 2.21. The molecular weight excluding hydrogens is 226 g/mol. The van der Waals surface area contributed by atoms with Crippen LogP contribution in [-0.2, 0) is 10.2 Å². The summed E-state index contributed by atoms with van der Waals surface area (Å²) >= 11 is 0. The Kier molecular flexibility index (Phi) is 2.44. The maximum atomic E-state index is 12.1. The summed E-state index contributed by atoms with van der Waals surface area (Å²) in [6.07, 6.45) is 2.28. The number of benzene rings is 1. The quantitative estimate of drug-likeness (QED) is 0.839. The van der Waals surface area contributed by atoms with E-state index in [0.29, 0.717) is 12.3 Å². The Morgan fingerprint density at radius 1 is 1.39 bits per heavy atom. The number of carbonyl (C=O) groups is 1. The minimum Gasteiger partial charge on any atom is -0.461 e. The van der Waals surface area contributed by atoms with Crippen molar-refractivity contribution in [2.75, 3.05) is 6.61 Å². The maximum absolute atomic E-state index is 12.1. The molecule has 0 bridgehead atoms. The molecule has 1 fully saturated rings. The molecule has 1 aliphatic carbocycles. The third kappa shape index (κ3) is 1.62. The fourth-order valence-electron chi connectivity index (χ4n) is 2.56. The standard InChI is InChI=1S/C15H17NO2/c1-3-18-14(17)13-12(15(2)8-9-15)10-6-4-5-7-11(10)16-13/h4-7,16H,3,8-9H2,1-2H3. The van der Waals surface area contributed by atoms with Gasteiger partial charge in [0, 0.05) is 10.9 Å². The minimum atomic E-state index is -0.239. The SMILES string of the molecule is CCOC(=O)c1[nH]c2ccccc2c1C1(C)CC1. The molecule has 3 nitrogen and oxygen atoms in total. The van der Waals surface area contributed by atoms with Crippen LogP contribution in [-0.4, -0.2) is 17.6 Å². The first-order valence-corrected chi connectivity index (χ1v) is 6.44. The lowest BCUT2D eigenvalue weighted by molar-refractivity contribution is 0.0518. The molecule has 0 spiro atoms. The predicted octanol–water partition coefficient (Wildman–Crippen LogP) is 3.40. The summed E-state index contributed by atoms with van der Waals surface area (Å²) in [5.74, 6) is -0.239. The molecule has 94 valence electrons. The molecule has 0 saturated heterocycles. The number of rotatable bonds is 3. The van der Waals surface area contributed by atoms with Crippen LogP contribution in [0.4, 0.5) is 0 Å². The van der Waals surface area contributed by atoms with Gasteiger partial charge >= 0.3 is 5.97 Å². The highest BCUT2D eigenvalue weighted by Crippen LogP contribution is 2.51. The van der Waals surface area contributed by atoms with Crippen molar-refractivity contribution in [3.8, 4) is 0 Å². The molecule has 3 rings (SSSR count). The summed E-state index contributed by atoms with van der Waals surface area (Å²) in [5.41, 5.74) is 2.93. The second-order valence-electron chi connectivity index (χ2n) is 5.20. The molecule has 0 atom stereocenters. The Morgan fingerprint density at radius 2 is 2.11 bits per heavy atom. The molecule has 3 heteroatoms. The summed E-state index contributed by atoms with van der Waals surface area (Å²) in [7, 11) is 0. The lowest BCUT2D eigenvalue weighted by Crippen LogP contribution is -2.12. The molecule has 2 aromatic rings. The molecule has 0 amide bonds. The molecule has 1 heterocycles. The van der Waals surface area contributed by atoms with Gasteiger partial charge in [-0.3, -0.25) is 0 Å². The fraction of sp³-hybridized carbons (Fsp3) is 0.400. The highest BCUT2D eigenvalue weighted by atomic mass is 16.5. The van der Waals surface area contributed by atoms with Crippen molar-refractivity contribution in [3.05, 3.63) is 35.5 Å². The van der Waals surface area contributed by atoms with E-state index in [9.17, 15) is 4.79 Å². The Bertz CT molecular complexity index is 608. The molecule has 1 N–H and O–H groups in total. The summed E-state index contributed by atoms with van der Waals surface area (Å²) in [5, 5.41) is 1.15. The van der Waals surface area contributed by atoms with Gasteiger partial charge in [0.1, 0.15) is 5.69 Å². The van der Waals surface area contributed by atoms with Gasteiger partial charge in [-0.2, -0.15) is 0 Å². The van der Waals surface area contributed by atoms with E-state index in [1.165, 1.54) is 0 Å². The van der Waals surface area contributed by atoms with Gasteiger partial charge in [0.15, 0.2) is 0 Å². The Hall–Kier alpha value is -1.77. The third-order valence-electron chi connectivity index (χ3n) is 3.79. The van der Waals surface area contributed by atoms with E-state index in [4.69, 9.17) is 4.74 Å². The van der Waals surface area contributed by atoms with Gasteiger partial charge < -0.3 is 9.72 Å². The van der Waals surface area contributed by atoms with Gasteiger partial charge in [0.25, 0.3) is 0 Å². The first kappa shape index (κ1) is 11.3. The van der Waals surface area contributed by atoms with E-state index < -0.39 is 0 Å². The molecule has 1 saturated carbocycles. The molecule has 1 aliphatic rings. The van der Waals surface area contributed by atoms with E-state index in [0.717, 1.165) is 29.3 Å². The average molecular weight is 243 g/mol. The first-order valence-electron chi connectivity index (χ1n) is 6.44. The van der Waals surface area contributed by atoms with E-state index in [1.54, 1.807) is 0 Å². The van der Waals surface area contributed by atoms with Crippen LogP contribution in [0.1, 0.15) is 42.7 Å². The number of fused-ring (bicyclic) bond motifs is 1. The number of carbonyl (C=O) groups excluding carboxylic acids is 1. The van der Waals surface area contributed by atoms with Crippen LogP contribution in [0.2, 0.25) is 0 Å². The fourth-order valence-corrected chi connectivity index (χ4v) is 2.56. The Morgan fingerprint density at radius 3 is 2.78 bits per heavy atom. The van der Waals surface area contributed by atoms with Crippen LogP contribution < -0.4 is 0 Å². The van der Waals surface area contributed by atoms with Crippen molar-refractivity contribution < 1.29 is 9.53 Å². The number of hydrogen-bond acceptors (Lipinski definition) is 2. The van der Waals surface area contributed by atoms with Crippen LogP contribution >= 0.6 is 0 Å². The topological polar surface area (TPSA) is 42.1 Å². The highest BCUT2D eigenvalue weighted by Gasteiger charge is 2.44. The van der Waals surface area contributed by atoms with Gasteiger partial charge in [-0.15, -0.1) is 0 Å². The largest absolute Gasteiger partial charge is 0.461 e. The van der Waals surface area contributed by atoms with Gasteiger partial charge in [-0.1, -0.05) is 25.1 Å². The number of nitrogens with one attached hydrogen (secondary N) is 1. The summed E-state index contributed by atoms with van der Waals surface area (Å²) in [6, 6.07) is 8.08. The third-order valence-corrected chi connectivity index (χ3v) is 3.79. The van der Waals surface area contributed by atoms with E-state index in [-0.39, 0.29) is 11.4 Å². The minimum absolute atomic E-state index is 0.141. The number of esters is 1. The predicted molar refractivity (Wildman–Crippen MR) is 70.8 cm³/mol. The van der Waals surface area contributed by atoms with Gasteiger partial charge in [0.2, 0.25) is 0 Å². The van der Waals surface area contributed by atoms with Crippen LogP contribution in [0.5, 0.6) is 0 Å². The van der Waals surface area contributed by atoms with Crippen molar-refractivity contribution in [2.45, 2.75) is 32.1 Å². The van der Waals surface area contributed by atoms with E-state index in [2.05, 4.69) is 18.0 Å². The molecule has 0 radical (unpaired) electrons. The van der Waals surface area contributed by atoms with Gasteiger partial charge in [0.05, 0.1) is 6.61 Å². The number of aromatic nitrogens is 1. The molecular formula is C15H17NO2. The number of ether oxygens (including phenoxy) is 1. The smallest absolute Gasteiger partial charge is 0.355 e. The van der Waals surface area contributed by atoms with Crippen LogP contribution in [0, 0.1) is 0 Å². The number of aromatic amines is 1. The van der Waals surface area contributed by atoms with Crippen LogP contribution in [0.15, 0.2) is 24.3 Å². The number of para-hydroxylation sites is 1.